The number of carbonyl (C=O) groups is 1. The summed E-state index contributed by atoms with van der Waals surface area (Å²) in [6.07, 6.45) is 5.35. The number of aromatic amines is 1. The lowest BCUT2D eigenvalue weighted by Crippen LogP contribution is -2.29. The molecule has 7 heteroatoms. The number of aromatic nitrogens is 2. The first kappa shape index (κ1) is 14.8. The van der Waals surface area contributed by atoms with Gasteiger partial charge in [-0.3, -0.25) is 9.69 Å². The highest BCUT2D eigenvalue weighted by Crippen LogP contribution is 2.34. The average molecular weight is 330 g/mol. The molecule has 22 heavy (non-hydrogen) atoms. The number of carbonyl (C=O) groups excluding carboxylic acids is 1. The Bertz CT molecular complexity index is 758. The molecular weight excluding hydrogens is 316 g/mol. The van der Waals surface area contributed by atoms with Gasteiger partial charge in [0.1, 0.15) is 0 Å². The zero-order chi connectivity index (χ0) is 15.5. The Balaban J connectivity index is 1.93. The molecule has 2 aromatic rings. The van der Waals surface area contributed by atoms with Crippen molar-refractivity contribution in [2.24, 2.45) is 4.99 Å². The summed E-state index contributed by atoms with van der Waals surface area (Å²) in [5.74, 6) is -0.0634. The second kappa shape index (κ2) is 6.33. The summed E-state index contributed by atoms with van der Waals surface area (Å²) in [7, 11) is 0. The van der Waals surface area contributed by atoms with Crippen molar-refractivity contribution in [1.82, 2.24) is 14.9 Å². The predicted molar refractivity (Wildman–Crippen MR) is 92.2 cm³/mol. The second-order valence-corrected chi connectivity index (χ2v) is 6.45. The summed E-state index contributed by atoms with van der Waals surface area (Å²) >= 11 is 2.82. The normalized spacial score (nSPS) is 18.6. The molecule has 0 atom stereocenters. The summed E-state index contributed by atoms with van der Waals surface area (Å²) in [6, 6.07) is 3.81. The van der Waals surface area contributed by atoms with Gasteiger partial charge in [0.25, 0.3) is 5.91 Å². The van der Waals surface area contributed by atoms with Crippen molar-refractivity contribution in [3.05, 3.63) is 52.7 Å². The van der Waals surface area contributed by atoms with Gasteiger partial charge in [-0.25, -0.2) is 4.98 Å². The standard InChI is InChI=1S/C15H14N4OS2/c1-3-7-19-13(20)12(8-11-5-4-6-16-11)22-15(19)18-14-17-10(2)9-21-14/h3-6,8-9,16H,1,7H2,2H3/b12-8+,18-15+. The van der Waals surface area contributed by atoms with Gasteiger partial charge in [-0.1, -0.05) is 6.08 Å². The van der Waals surface area contributed by atoms with Gasteiger partial charge in [-0.15, -0.1) is 17.9 Å². The largest absolute Gasteiger partial charge is 0.362 e. The van der Waals surface area contributed by atoms with Crippen LogP contribution in [0.25, 0.3) is 6.08 Å². The summed E-state index contributed by atoms with van der Waals surface area (Å²) in [4.78, 5) is 26.6. The predicted octanol–water partition coefficient (Wildman–Crippen LogP) is 3.57. The highest BCUT2D eigenvalue weighted by Gasteiger charge is 2.32. The van der Waals surface area contributed by atoms with Crippen molar-refractivity contribution in [2.45, 2.75) is 6.92 Å². The molecule has 0 saturated carbocycles. The number of nitrogens with zero attached hydrogens (tertiary/aromatic N) is 3. The van der Waals surface area contributed by atoms with E-state index in [1.165, 1.54) is 23.1 Å². The molecule has 3 heterocycles. The molecule has 2 aromatic heterocycles. The number of amides is 1. The van der Waals surface area contributed by atoms with Gasteiger partial charge in [0, 0.05) is 23.8 Å². The molecule has 1 amide bonds. The lowest BCUT2D eigenvalue weighted by molar-refractivity contribution is -0.121. The van der Waals surface area contributed by atoms with Gasteiger partial charge < -0.3 is 4.98 Å². The molecule has 1 saturated heterocycles. The van der Waals surface area contributed by atoms with E-state index in [0.29, 0.717) is 21.7 Å². The maximum absolute atomic E-state index is 12.5. The zero-order valence-corrected chi connectivity index (χ0v) is 13.6. The van der Waals surface area contributed by atoms with E-state index in [1.54, 1.807) is 11.0 Å². The Morgan fingerprint density at radius 1 is 1.55 bits per heavy atom. The number of thioether (sulfide) groups is 1. The number of hydrogen-bond donors (Lipinski definition) is 1. The summed E-state index contributed by atoms with van der Waals surface area (Å²) in [5.41, 5.74) is 1.82. The van der Waals surface area contributed by atoms with E-state index in [1.807, 2.05) is 36.7 Å². The van der Waals surface area contributed by atoms with Crippen LogP contribution in [0.4, 0.5) is 5.13 Å². The molecule has 0 aliphatic carbocycles. The first-order chi connectivity index (χ1) is 10.7. The van der Waals surface area contributed by atoms with Gasteiger partial charge in [-0.2, -0.15) is 4.99 Å². The molecule has 1 aliphatic rings. The quantitative estimate of drug-likeness (QED) is 0.688. The van der Waals surface area contributed by atoms with Crippen molar-refractivity contribution in [3.63, 3.8) is 0 Å². The third-order valence-electron chi connectivity index (χ3n) is 2.91. The number of thiazole rings is 1. The minimum atomic E-state index is -0.0634. The molecule has 1 N–H and O–H groups in total. The van der Waals surface area contributed by atoms with Crippen LogP contribution in [0.15, 0.2) is 46.3 Å². The molecule has 1 fully saturated rings. The number of nitrogens with one attached hydrogen (secondary N) is 1. The molecular formula is C15H14N4OS2. The Labute approximate surface area is 136 Å². The molecule has 0 aromatic carbocycles. The van der Waals surface area contributed by atoms with Crippen molar-refractivity contribution in [1.29, 1.82) is 0 Å². The van der Waals surface area contributed by atoms with Crippen LogP contribution in [0.5, 0.6) is 0 Å². The SMILES string of the molecule is C=CCN1C(=O)/C(=C\c2ccc[nH]2)S/C1=N/c1nc(C)cs1. The fraction of sp³-hybridized carbons (Fsp3) is 0.133. The zero-order valence-electron chi connectivity index (χ0n) is 11.9. The van der Waals surface area contributed by atoms with E-state index in [2.05, 4.69) is 21.5 Å². The summed E-state index contributed by atoms with van der Waals surface area (Å²) in [5, 5.41) is 3.23. The number of aryl methyl sites for hydroxylation is 1. The molecule has 0 spiro atoms. The van der Waals surface area contributed by atoms with Crippen LogP contribution < -0.4 is 0 Å². The number of amidine groups is 1. The molecule has 0 radical (unpaired) electrons. The number of rotatable bonds is 4. The fourth-order valence-corrected chi connectivity index (χ4v) is 3.63. The Kier molecular flexibility index (Phi) is 4.26. The van der Waals surface area contributed by atoms with E-state index in [9.17, 15) is 4.79 Å². The van der Waals surface area contributed by atoms with Crippen LogP contribution in [0.1, 0.15) is 11.4 Å². The van der Waals surface area contributed by atoms with Gasteiger partial charge in [0.15, 0.2) is 5.17 Å². The highest BCUT2D eigenvalue weighted by molar-refractivity contribution is 8.18. The molecule has 3 rings (SSSR count). The summed E-state index contributed by atoms with van der Waals surface area (Å²) < 4.78 is 0. The van der Waals surface area contributed by atoms with Crippen LogP contribution in [0, 0.1) is 6.92 Å². The fourth-order valence-electron chi connectivity index (χ4n) is 1.93. The second-order valence-electron chi connectivity index (χ2n) is 4.61. The van der Waals surface area contributed by atoms with Crippen LogP contribution in [0.3, 0.4) is 0 Å². The third kappa shape index (κ3) is 3.05. The van der Waals surface area contributed by atoms with Gasteiger partial charge in [-0.05, 0) is 36.9 Å². The van der Waals surface area contributed by atoms with Gasteiger partial charge in [0.2, 0.25) is 5.13 Å². The molecule has 5 nitrogen and oxygen atoms in total. The van der Waals surface area contributed by atoms with E-state index >= 15 is 0 Å². The van der Waals surface area contributed by atoms with E-state index < -0.39 is 0 Å². The van der Waals surface area contributed by atoms with Crippen LogP contribution >= 0.6 is 23.1 Å². The van der Waals surface area contributed by atoms with E-state index in [0.717, 1.165) is 11.4 Å². The van der Waals surface area contributed by atoms with Crippen molar-refractivity contribution >= 4 is 45.4 Å². The number of H-pyrrole nitrogens is 1. The number of aliphatic imine (C=N–C) groups is 1. The molecule has 0 unspecified atom stereocenters. The summed E-state index contributed by atoms with van der Waals surface area (Å²) in [6.45, 7) is 6.06. The van der Waals surface area contributed by atoms with E-state index in [4.69, 9.17) is 0 Å². The van der Waals surface area contributed by atoms with Crippen LogP contribution in [-0.4, -0.2) is 32.5 Å². The van der Waals surface area contributed by atoms with Crippen molar-refractivity contribution in [3.8, 4) is 0 Å². The third-order valence-corrected chi connectivity index (χ3v) is 4.77. The Morgan fingerprint density at radius 2 is 2.41 bits per heavy atom. The number of hydrogen-bond acceptors (Lipinski definition) is 5. The van der Waals surface area contributed by atoms with Crippen molar-refractivity contribution in [2.75, 3.05) is 6.54 Å². The van der Waals surface area contributed by atoms with Crippen LogP contribution in [-0.2, 0) is 4.79 Å². The smallest absolute Gasteiger partial charge is 0.267 e. The minimum absolute atomic E-state index is 0.0634. The van der Waals surface area contributed by atoms with E-state index in [-0.39, 0.29) is 5.91 Å². The van der Waals surface area contributed by atoms with Gasteiger partial charge >= 0.3 is 0 Å². The first-order valence-electron chi connectivity index (χ1n) is 6.64. The highest BCUT2D eigenvalue weighted by atomic mass is 32.2. The monoisotopic (exact) mass is 330 g/mol. The molecule has 112 valence electrons. The first-order valence-corrected chi connectivity index (χ1v) is 8.33. The Hall–Kier alpha value is -2.12. The van der Waals surface area contributed by atoms with Gasteiger partial charge in [0.05, 0.1) is 10.6 Å². The maximum atomic E-state index is 12.5. The average Bonchev–Trinajstić information content (AvgIpc) is 3.19. The molecule has 0 bridgehead atoms. The lowest BCUT2D eigenvalue weighted by Gasteiger charge is -2.11. The van der Waals surface area contributed by atoms with Crippen molar-refractivity contribution < 1.29 is 4.79 Å². The van der Waals surface area contributed by atoms with Crippen LogP contribution in [0.2, 0.25) is 0 Å². The minimum Gasteiger partial charge on any atom is -0.362 e. The lowest BCUT2D eigenvalue weighted by atomic mass is 10.3. The maximum Gasteiger partial charge on any atom is 0.267 e. The topological polar surface area (TPSA) is 61.4 Å². The Morgan fingerprint density at radius 3 is 3.05 bits per heavy atom. The molecule has 1 aliphatic heterocycles.